The Labute approximate surface area is 147 Å². The van der Waals surface area contributed by atoms with Crippen LogP contribution in [0.4, 0.5) is 0 Å². The van der Waals surface area contributed by atoms with Gasteiger partial charge in [0.05, 0.1) is 13.3 Å². The highest BCUT2D eigenvalue weighted by Gasteiger charge is 2.45. The van der Waals surface area contributed by atoms with E-state index in [1.807, 2.05) is 41.3 Å². The van der Waals surface area contributed by atoms with E-state index in [9.17, 15) is 4.79 Å². The number of carbonyl (C=O) groups is 1. The number of benzene rings is 1. The van der Waals surface area contributed by atoms with E-state index in [4.69, 9.17) is 9.47 Å². The van der Waals surface area contributed by atoms with E-state index in [0.29, 0.717) is 17.4 Å². The zero-order valence-electron chi connectivity index (χ0n) is 14.3. The molecule has 0 radical (unpaired) electrons. The Kier molecular flexibility index (Phi) is 4.30. The molecule has 2 fully saturated rings. The molecule has 1 saturated heterocycles. The van der Waals surface area contributed by atoms with Gasteiger partial charge in [-0.2, -0.15) is 0 Å². The predicted molar refractivity (Wildman–Crippen MR) is 93.8 cm³/mol. The zero-order chi connectivity index (χ0) is 17.2. The van der Waals surface area contributed by atoms with Gasteiger partial charge in [-0.3, -0.25) is 9.78 Å². The van der Waals surface area contributed by atoms with Crippen molar-refractivity contribution in [2.24, 2.45) is 11.8 Å². The van der Waals surface area contributed by atoms with Crippen molar-refractivity contribution < 1.29 is 14.3 Å². The molecule has 1 aromatic carbocycles. The lowest BCUT2D eigenvalue weighted by Gasteiger charge is -2.22. The summed E-state index contributed by atoms with van der Waals surface area (Å²) in [6, 6.07) is 11.2. The molecule has 1 aromatic heterocycles. The van der Waals surface area contributed by atoms with Gasteiger partial charge in [0.2, 0.25) is 0 Å². The van der Waals surface area contributed by atoms with Gasteiger partial charge in [0.1, 0.15) is 17.6 Å². The lowest BCUT2D eigenvalue weighted by atomic mass is 9.99. The van der Waals surface area contributed by atoms with E-state index in [-0.39, 0.29) is 12.0 Å². The average Bonchev–Trinajstić information content (AvgIpc) is 3.24. The summed E-state index contributed by atoms with van der Waals surface area (Å²) in [5.74, 6) is 2.61. The summed E-state index contributed by atoms with van der Waals surface area (Å²) in [5, 5.41) is 0. The molecule has 5 heteroatoms. The van der Waals surface area contributed by atoms with Crippen LogP contribution >= 0.6 is 0 Å². The minimum atomic E-state index is 0.0946. The van der Waals surface area contributed by atoms with Crippen LogP contribution in [0.25, 0.3) is 0 Å². The monoisotopic (exact) mass is 338 g/mol. The summed E-state index contributed by atoms with van der Waals surface area (Å²) >= 11 is 0. The summed E-state index contributed by atoms with van der Waals surface area (Å²) in [6.07, 6.45) is 5.83. The van der Waals surface area contributed by atoms with Crippen molar-refractivity contribution in [2.75, 3.05) is 20.2 Å². The summed E-state index contributed by atoms with van der Waals surface area (Å²) in [4.78, 5) is 18.9. The van der Waals surface area contributed by atoms with Gasteiger partial charge >= 0.3 is 0 Å². The second kappa shape index (κ2) is 6.75. The molecule has 3 atom stereocenters. The third-order valence-corrected chi connectivity index (χ3v) is 5.34. The predicted octanol–water partition coefficient (Wildman–Crippen LogP) is 3.02. The first-order valence-electron chi connectivity index (χ1n) is 8.74. The molecule has 130 valence electrons. The van der Waals surface area contributed by atoms with Gasteiger partial charge in [0.15, 0.2) is 0 Å². The molecule has 1 aliphatic heterocycles. The summed E-state index contributed by atoms with van der Waals surface area (Å²) < 4.78 is 11.3. The second-order valence-electron chi connectivity index (χ2n) is 6.78. The van der Waals surface area contributed by atoms with Gasteiger partial charge in [-0.15, -0.1) is 0 Å². The Balaban J connectivity index is 1.42. The van der Waals surface area contributed by atoms with Crippen molar-refractivity contribution in [1.82, 2.24) is 9.88 Å². The Morgan fingerprint density at radius 1 is 1.12 bits per heavy atom. The minimum absolute atomic E-state index is 0.0946. The van der Waals surface area contributed by atoms with E-state index >= 15 is 0 Å². The average molecular weight is 338 g/mol. The highest BCUT2D eigenvalue weighted by Crippen LogP contribution is 2.40. The number of ether oxygens (including phenoxy) is 2. The molecule has 0 unspecified atom stereocenters. The fourth-order valence-electron chi connectivity index (χ4n) is 4.04. The van der Waals surface area contributed by atoms with E-state index in [0.717, 1.165) is 37.4 Å². The number of carbonyl (C=O) groups excluding carboxylic acids is 1. The van der Waals surface area contributed by atoms with Crippen LogP contribution in [0, 0.1) is 11.8 Å². The molecular formula is C20H22N2O3. The van der Waals surface area contributed by atoms with Crippen LogP contribution in [-0.4, -0.2) is 42.1 Å². The van der Waals surface area contributed by atoms with Gasteiger partial charge in [-0.25, -0.2) is 0 Å². The summed E-state index contributed by atoms with van der Waals surface area (Å²) in [6.45, 7) is 1.59. The molecule has 0 bridgehead atoms. The number of aromatic nitrogens is 1. The van der Waals surface area contributed by atoms with Crippen molar-refractivity contribution in [3.8, 4) is 11.5 Å². The van der Waals surface area contributed by atoms with Crippen LogP contribution in [0.1, 0.15) is 23.2 Å². The molecule has 25 heavy (non-hydrogen) atoms. The lowest BCUT2D eigenvalue weighted by molar-refractivity contribution is 0.0762. The molecule has 0 N–H and O–H groups in total. The topological polar surface area (TPSA) is 51.7 Å². The maximum absolute atomic E-state index is 12.8. The van der Waals surface area contributed by atoms with Crippen LogP contribution in [0.5, 0.6) is 11.5 Å². The number of pyridine rings is 1. The van der Waals surface area contributed by atoms with Crippen LogP contribution < -0.4 is 9.47 Å². The highest BCUT2D eigenvalue weighted by atomic mass is 16.5. The molecular weight excluding hydrogens is 316 g/mol. The maximum atomic E-state index is 12.8. The Bertz CT molecular complexity index is 732. The number of methoxy groups -OCH3 is 1. The first-order chi connectivity index (χ1) is 12.2. The number of likely N-dealkylation sites (tertiary alicyclic amines) is 1. The number of hydrogen-bond donors (Lipinski definition) is 0. The largest absolute Gasteiger partial charge is 0.497 e. The third kappa shape index (κ3) is 3.18. The fraction of sp³-hybridized carbons (Fsp3) is 0.400. The van der Waals surface area contributed by atoms with Crippen LogP contribution in [-0.2, 0) is 0 Å². The van der Waals surface area contributed by atoms with Crippen molar-refractivity contribution in [3.05, 3.63) is 54.4 Å². The number of hydrogen-bond acceptors (Lipinski definition) is 4. The van der Waals surface area contributed by atoms with E-state index in [1.54, 1.807) is 19.5 Å². The van der Waals surface area contributed by atoms with Gasteiger partial charge in [0, 0.05) is 30.8 Å². The SMILES string of the molecule is COc1ccc(C(=O)N2C[C@H]3CC[C@@H](Oc4cccnc4)[C@H]3C2)cc1. The van der Waals surface area contributed by atoms with Crippen LogP contribution in [0.3, 0.4) is 0 Å². The molecule has 1 aliphatic carbocycles. The molecule has 0 spiro atoms. The quantitative estimate of drug-likeness (QED) is 0.860. The number of rotatable bonds is 4. The van der Waals surface area contributed by atoms with Crippen LogP contribution in [0.2, 0.25) is 0 Å². The van der Waals surface area contributed by atoms with E-state index < -0.39 is 0 Å². The number of nitrogens with zero attached hydrogens (tertiary/aromatic N) is 2. The van der Waals surface area contributed by atoms with Crippen molar-refractivity contribution in [2.45, 2.75) is 18.9 Å². The maximum Gasteiger partial charge on any atom is 0.253 e. The highest BCUT2D eigenvalue weighted by molar-refractivity contribution is 5.94. The standard InChI is InChI=1S/C20H22N2O3/c1-24-16-7-4-14(5-8-16)20(23)22-12-15-6-9-19(18(15)13-22)25-17-3-2-10-21-11-17/h2-5,7-8,10-11,15,18-19H,6,9,12-13H2,1H3/t15-,18+,19-/m1/s1. The van der Waals surface area contributed by atoms with E-state index in [2.05, 4.69) is 4.98 Å². The van der Waals surface area contributed by atoms with Crippen molar-refractivity contribution in [3.63, 3.8) is 0 Å². The number of amides is 1. The Morgan fingerprint density at radius 2 is 1.96 bits per heavy atom. The van der Waals surface area contributed by atoms with Gasteiger partial charge in [-0.1, -0.05) is 0 Å². The minimum Gasteiger partial charge on any atom is -0.497 e. The molecule has 2 aliphatic rings. The first kappa shape index (κ1) is 15.9. The van der Waals surface area contributed by atoms with Gasteiger partial charge in [0.25, 0.3) is 5.91 Å². The summed E-state index contributed by atoms with van der Waals surface area (Å²) in [5.41, 5.74) is 0.713. The first-order valence-corrected chi connectivity index (χ1v) is 8.74. The second-order valence-corrected chi connectivity index (χ2v) is 6.78. The summed E-state index contributed by atoms with van der Waals surface area (Å²) in [7, 11) is 1.63. The Hall–Kier alpha value is -2.56. The van der Waals surface area contributed by atoms with Gasteiger partial charge < -0.3 is 14.4 Å². The zero-order valence-corrected chi connectivity index (χ0v) is 14.3. The number of fused-ring (bicyclic) bond motifs is 1. The Morgan fingerprint density at radius 3 is 2.68 bits per heavy atom. The smallest absolute Gasteiger partial charge is 0.253 e. The third-order valence-electron chi connectivity index (χ3n) is 5.34. The van der Waals surface area contributed by atoms with Crippen molar-refractivity contribution >= 4 is 5.91 Å². The lowest BCUT2D eigenvalue weighted by Crippen LogP contribution is -2.32. The molecule has 2 heterocycles. The molecule has 2 aromatic rings. The fourth-order valence-corrected chi connectivity index (χ4v) is 4.04. The molecule has 1 amide bonds. The molecule has 5 nitrogen and oxygen atoms in total. The normalized spacial score (nSPS) is 24.8. The molecule has 4 rings (SSSR count). The van der Waals surface area contributed by atoms with E-state index in [1.165, 1.54) is 0 Å². The van der Waals surface area contributed by atoms with Gasteiger partial charge in [-0.05, 0) is 55.2 Å². The van der Waals surface area contributed by atoms with Crippen molar-refractivity contribution in [1.29, 1.82) is 0 Å². The molecule has 1 saturated carbocycles. The van der Waals surface area contributed by atoms with Crippen LogP contribution in [0.15, 0.2) is 48.8 Å².